The number of aromatic nitrogens is 3. The van der Waals surface area contributed by atoms with E-state index < -0.39 is 0 Å². The second-order valence-corrected chi connectivity index (χ2v) is 4.70. The monoisotopic (exact) mass is 296 g/mol. The van der Waals surface area contributed by atoms with E-state index in [0.717, 1.165) is 0 Å². The van der Waals surface area contributed by atoms with Crippen LogP contribution in [0.2, 0.25) is 0 Å². The van der Waals surface area contributed by atoms with Gasteiger partial charge < -0.3 is 19.9 Å². The molecule has 7 nitrogen and oxygen atoms in total. The zero-order valence-corrected chi connectivity index (χ0v) is 11.5. The summed E-state index contributed by atoms with van der Waals surface area (Å²) >= 11 is 0. The number of hydrogen-bond acceptors (Lipinski definition) is 7. The van der Waals surface area contributed by atoms with E-state index in [1.165, 1.54) is 6.20 Å². The van der Waals surface area contributed by atoms with Crippen molar-refractivity contribution in [2.75, 3.05) is 18.9 Å². The summed E-state index contributed by atoms with van der Waals surface area (Å²) < 4.78 is 16.8. The molecule has 4 rings (SSSR count). The molecule has 0 spiro atoms. The molecule has 0 bridgehead atoms. The van der Waals surface area contributed by atoms with Gasteiger partial charge in [0.15, 0.2) is 11.5 Å². The molecule has 110 valence electrons. The van der Waals surface area contributed by atoms with Gasteiger partial charge in [0.1, 0.15) is 18.7 Å². The van der Waals surface area contributed by atoms with Crippen LogP contribution in [-0.4, -0.2) is 28.2 Å². The molecule has 0 unspecified atom stereocenters. The van der Waals surface area contributed by atoms with Gasteiger partial charge in [0, 0.05) is 24.4 Å². The lowest BCUT2D eigenvalue weighted by atomic mass is 10.3. The van der Waals surface area contributed by atoms with Gasteiger partial charge in [-0.3, -0.25) is 4.98 Å². The Hall–Kier alpha value is -3.09. The second-order valence-electron chi connectivity index (χ2n) is 4.70. The Morgan fingerprint density at radius 3 is 2.86 bits per heavy atom. The molecule has 3 aromatic rings. The summed E-state index contributed by atoms with van der Waals surface area (Å²) in [5, 5.41) is 0. The highest BCUT2D eigenvalue weighted by Crippen LogP contribution is 2.35. The van der Waals surface area contributed by atoms with Crippen molar-refractivity contribution in [2.45, 2.75) is 0 Å². The van der Waals surface area contributed by atoms with Crippen LogP contribution in [0, 0.1) is 0 Å². The van der Waals surface area contributed by atoms with E-state index in [9.17, 15) is 0 Å². The van der Waals surface area contributed by atoms with Gasteiger partial charge in [-0.15, -0.1) is 0 Å². The second kappa shape index (κ2) is 5.03. The van der Waals surface area contributed by atoms with Gasteiger partial charge in [0.2, 0.25) is 5.88 Å². The first-order valence-electron chi connectivity index (χ1n) is 6.74. The van der Waals surface area contributed by atoms with E-state index in [-0.39, 0.29) is 0 Å². The number of anilines is 1. The highest BCUT2D eigenvalue weighted by Gasteiger charge is 2.17. The minimum Gasteiger partial charge on any atom is -0.484 e. The third kappa shape index (κ3) is 2.22. The number of nitrogens with zero attached hydrogens (tertiary/aromatic N) is 3. The molecule has 2 N–H and O–H groups in total. The zero-order valence-electron chi connectivity index (χ0n) is 11.5. The van der Waals surface area contributed by atoms with Gasteiger partial charge in [-0.1, -0.05) is 0 Å². The van der Waals surface area contributed by atoms with E-state index in [4.69, 9.17) is 19.9 Å². The van der Waals surface area contributed by atoms with Crippen molar-refractivity contribution in [3.8, 4) is 23.3 Å². The van der Waals surface area contributed by atoms with Crippen molar-refractivity contribution in [1.29, 1.82) is 0 Å². The summed E-state index contributed by atoms with van der Waals surface area (Å²) in [6.45, 7) is 0.979. The molecule has 0 amide bonds. The first-order valence-corrected chi connectivity index (χ1v) is 6.74. The molecular formula is C15H12N4O3. The predicted octanol–water partition coefficient (Wildman–Crippen LogP) is 2.17. The van der Waals surface area contributed by atoms with Crippen LogP contribution >= 0.6 is 0 Å². The third-order valence-electron chi connectivity index (χ3n) is 3.16. The molecule has 4 heterocycles. The van der Waals surface area contributed by atoms with Crippen LogP contribution in [0.15, 0.2) is 36.7 Å². The van der Waals surface area contributed by atoms with E-state index >= 15 is 0 Å². The maximum Gasteiger partial charge on any atom is 0.257 e. The van der Waals surface area contributed by atoms with Crippen LogP contribution in [-0.2, 0) is 0 Å². The number of pyridine rings is 3. The molecule has 0 saturated heterocycles. The van der Waals surface area contributed by atoms with E-state index in [1.807, 2.05) is 0 Å². The van der Waals surface area contributed by atoms with Crippen LogP contribution in [0.3, 0.4) is 0 Å². The fourth-order valence-electron chi connectivity index (χ4n) is 2.16. The molecule has 0 fully saturated rings. The number of fused-ring (bicyclic) bond motifs is 2. The highest BCUT2D eigenvalue weighted by molar-refractivity contribution is 5.83. The molecule has 7 heteroatoms. The summed E-state index contributed by atoms with van der Waals surface area (Å²) in [7, 11) is 0. The van der Waals surface area contributed by atoms with Crippen LogP contribution in [0.25, 0.3) is 11.0 Å². The maximum atomic E-state index is 5.77. The normalized spacial score (nSPS) is 13.1. The Morgan fingerprint density at radius 1 is 1.09 bits per heavy atom. The number of hydrogen-bond donors (Lipinski definition) is 1. The van der Waals surface area contributed by atoms with Gasteiger partial charge in [0.25, 0.3) is 5.88 Å². The Kier molecular flexibility index (Phi) is 2.89. The van der Waals surface area contributed by atoms with E-state index in [2.05, 4.69) is 15.0 Å². The molecule has 0 aliphatic carbocycles. The minimum atomic E-state index is 0.429. The first-order chi connectivity index (χ1) is 10.8. The molecule has 1 aliphatic heterocycles. The van der Waals surface area contributed by atoms with Crippen LogP contribution in [0.1, 0.15) is 0 Å². The van der Waals surface area contributed by atoms with Crippen molar-refractivity contribution < 1.29 is 14.2 Å². The van der Waals surface area contributed by atoms with Crippen LogP contribution in [0.4, 0.5) is 5.69 Å². The summed E-state index contributed by atoms with van der Waals surface area (Å²) in [5.74, 6) is 2.01. The standard InChI is InChI=1S/C15H12N4O3/c16-9-1-2-13(18-8-9)22-11-3-4-17-10-7-12-15(19-14(10)11)21-6-5-20-12/h1-4,7-8H,5-6,16H2. The highest BCUT2D eigenvalue weighted by atomic mass is 16.6. The largest absolute Gasteiger partial charge is 0.484 e. The lowest BCUT2D eigenvalue weighted by molar-refractivity contribution is 0.165. The van der Waals surface area contributed by atoms with Gasteiger partial charge in [0.05, 0.1) is 17.4 Å². The number of nitrogens with two attached hydrogens (primary N) is 1. The van der Waals surface area contributed by atoms with Crippen LogP contribution in [0.5, 0.6) is 23.3 Å². The van der Waals surface area contributed by atoms with Gasteiger partial charge in [-0.2, -0.15) is 0 Å². The quantitative estimate of drug-likeness (QED) is 0.774. The van der Waals surface area contributed by atoms with Crippen molar-refractivity contribution >= 4 is 16.7 Å². The number of rotatable bonds is 2. The van der Waals surface area contributed by atoms with Crippen molar-refractivity contribution in [2.24, 2.45) is 0 Å². The Morgan fingerprint density at radius 2 is 2.00 bits per heavy atom. The molecule has 0 aromatic carbocycles. The Labute approximate surface area is 125 Å². The molecule has 3 aromatic heterocycles. The lowest BCUT2D eigenvalue weighted by Gasteiger charge is -2.18. The van der Waals surface area contributed by atoms with Crippen molar-refractivity contribution in [1.82, 2.24) is 15.0 Å². The third-order valence-corrected chi connectivity index (χ3v) is 3.16. The minimum absolute atomic E-state index is 0.429. The van der Waals surface area contributed by atoms with Crippen molar-refractivity contribution in [3.05, 3.63) is 36.7 Å². The predicted molar refractivity (Wildman–Crippen MR) is 79.3 cm³/mol. The van der Waals surface area contributed by atoms with Gasteiger partial charge in [-0.25, -0.2) is 9.97 Å². The summed E-state index contributed by atoms with van der Waals surface area (Å²) in [6.07, 6.45) is 3.18. The lowest BCUT2D eigenvalue weighted by Crippen LogP contribution is -2.16. The van der Waals surface area contributed by atoms with E-state index in [0.29, 0.717) is 53.2 Å². The molecule has 0 saturated carbocycles. The summed E-state index contributed by atoms with van der Waals surface area (Å²) in [5.41, 5.74) is 7.44. The fourth-order valence-corrected chi connectivity index (χ4v) is 2.16. The first kappa shape index (κ1) is 12.6. The molecule has 0 atom stereocenters. The smallest absolute Gasteiger partial charge is 0.257 e. The zero-order chi connectivity index (χ0) is 14.9. The number of nitrogen functional groups attached to an aromatic ring is 1. The van der Waals surface area contributed by atoms with Gasteiger partial charge in [-0.05, 0) is 6.07 Å². The average Bonchev–Trinajstić information content (AvgIpc) is 2.55. The SMILES string of the molecule is Nc1ccc(Oc2ccnc3cc4c(nc23)OCCO4)nc1. The molecule has 22 heavy (non-hydrogen) atoms. The number of ether oxygens (including phenoxy) is 3. The topological polar surface area (TPSA) is 92.4 Å². The maximum absolute atomic E-state index is 5.77. The Balaban J connectivity index is 1.78. The molecule has 1 aliphatic rings. The van der Waals surface area contributed by atoms with Gasteiger partial charge >= 0.3 is 0 Å². The summed E-state index contributed by atoms with van der Waals surface area (Å²) in [4.78, 5) is 12.8. The Bertz CT molecular complexity index is 836. The van der Waals surface area contributed by atoms with E-state index in [1.54, 1.807) is 30.5 Å². The molecular weight excluding hydrogens is 284 g/mol. The summed E-state index contributed by atoms with van der Waals surface area (Å²) in [6, 6.07) is 6.93. The molecule has 0 radical (unpaired) electrons. The fraction of sp³-hybridized carbons (Fsp3) is 0.133. The average molecular weight is 296 g/mol. The van der Waals surface area contributed by atoms with Crippen molar-refractivity contribution in [3.63, 3.8) is 0 Å². The van der Waals surface area contributed by atoms with Crippen LogP contribution < -0.4 is 19.9 Å².